The van der Waals surface area contributed by atoms with Crippen LogP contribution in [0.2, 0.25) is 0 Å². The highest BCUT2D eigenvalue weighted by atomic mass is 32.2. The Morgan fingerprint density at radius 1 is 0.968 bits per heavy atom. The third-order valence-corrected chi connectivity index (χ3v) is 6.79. The largest absolute Gasteiger partial charge is 0.496 e. The van der Waals surface area contributed by atoms with Crippen molar-refractivity contribution in [1.82, 2.24) is 9.62 Å². The summed E-state index contributed by atoms with van der Waals surface area (Å²) in [6.07, 6.45) is 2.21. The van der Waals surface area contributed by atoms with E-state index in [1.54, 1.807) is 19.2 Å². The van der Waals surface area contributed by atoms with E-state index in [9.17, 15) is 8.42 Å². The monoisotopic (exact) mass is 448 g/mol. The molecule has 7 nitrogen and oxygen atoms in total. The molecule has 1 saturated heterocycles. The van der Waals surface area contributed by atoms with Crippen molar-refractivity contribution in [3.63, 3.8) is 0 Å². The molecule has 3 rings (SSSR count). The normalized spacial score (nSPS) is 15.6. The third-order valence-electron chi connectivity index (χ3n) is 5.37. The van der Waals surface area contributed by atoms with Gasteiger partial charge in [-0.25, -0.2) is 13.1 Å². The van der Waals surface area contributed by atoms with Gasteiger partial charge in [0.1, 0.15) is 5.75 Å². The SMILES string of the molecule is CCOc1ccc(S(=O)(=O)NCC(c2ccccc2OC)N2CCCC2)cc1OCC. The summed E-state index contributed by atoms with van der Waals surface area (Å²) in [6, 6.07) is 12.4. The van der Waals surface area contributed by atoms with E-state index in [1.807, 2.05) is 38.1 Å². The van der Waals surface area contributed by atoms with Gasteiger partial charge in [0.25, 0.3) is 0 Å². The molecule has 1 N–H and O–H groups in total. The molecule has 1 atom stereocenters. The van der Waals surface area contributed by atoms with Crippen LogP contribution in [0.1, 0.15) is 38.3 Å². The number of sulfonamides is 1. The molecule has 0 amide bonds. The van der Waals surface area contributed by atoms with Crippen LogP contribution < -0.4 is 18.9 Å². The summed E-state index contributed by atoms with van der Waals surface area (Å²) < 4.78 is 45.7. The summed E-state index contributed by atoms with van der Waals surface area (Å²) in [5.41, 5.74) is 0.983. The molecule has 0 bridgehead atoms. The fraction of sp³-hybridized carbons (Fsp3) is 0.478. The van der Waals surface area contributed by atoms with Crippen LogP contribution in [0.15, 0.2) is 47.4 Å². The first-order valence-electron chi connectivity index (χ1n) is 10.8. The predicted molar refractivity (Wildman–Crippen MR) is 121 cm³/mol. The van der Waals surface area contributed by atoms with Crippen LogP contribution in [-0.4, -0.2) is 53.3 Å². The Labute approximate surface area is 185 Å². The molecule has 0 radical (unpaired) electrons. The van der Waals surface area contributed by atoms with E-state index >= 15 is 0 Å². The van der Waals surface area contributed by atoms with Gasteiger partial charge in [-0.2, -0.15) is 0 Å². The van der Waals surface area contributed by atoms with Gasteiger partial charge in [0.15, 0.2) is 11.5 Å². The van der Waals surface area contributed by atoms with Gasteiger partial charge < -0.3 is 14.2 Å². The Kier molecular flexibility index (Phi) is 8.17. The molecule has 1 aliphatic rings. The lowest BCUT2D eigenvalue weighted by atomic mass is 10.0. The fourth-order valence-corrected chi connectivity index (χ4v) is 4.95. The maximum Gasteiger partial charge on any atom is 0.240 e. The zero-order valence-corrected chi connectivity index (χ0v) is 19.3. The molecule has 0 saturated carbocycles. The number of ether oxygens (including phenoxy) is 3. The Balaban J connectivity index is 1.84. The lowest BCUT2D eigenvalue weighted by Crippen LogP contribution is -2.37. The molecule has 0 aromatic heterocycles. The van der Waals surface area contributed by atoms with Crippen molar-refractivity contribution in [1.29, 1.82) is 0 Å². The van der Waals surface area contributed by atoms with E-state index in [0.717, 1.165) is 37.2 Å². The molecule has 31 heavy (non-hydrogen) atoms. The van der Waals surface area contributed by atoms with Crippen LogP contribution in [0.25, 0.3) is 0 Å². The van der Waals surface area contributed by atoms with E-state index in [-0.39, 0.29) is 17.5 Å². The van der Waals surface area contributed by atoms with Crippen molar-refractivity contribution in [2.45, 2.75) is 37.6 Å². The predicted octanol–water partition coefficient (Wildman–Crippen LogP) is 3.61. The molecule has 1 unspecified atom stereocenters. The van der Waals surface area contributed by atoms with E-state index in [2.05, 4.69) is 9.62 Å². The van der Waals surface area contributed by atoms with Gasteiger partial charge in [-0.05, 0) is 58.0 Å². The van der Waals surface area contributed by atoms with Crippen LogP contribution >= 0.6 is 0 Å². The van der Waals surface area contributed by atoms with Gasteiger partial charge in [0.05, 0.1) is 31.3 Å². The van der Waals surface area contributed by atoms with Crippen molar-refractivity contribution in [2.75, 3.05) is 40.0 Å². The van der Waals surface area contributed by atoms with Gasteiger partial charge in [0, 0.05) is 18.2 Å². The standard InChI is InChI=1S/C23H32N2O5S/c1-4-29-22-13-12-18(16-23(22)30-5-2)31(26,27)24-17-20(25-14-8-9-15-25)19-10-6-7-11-21(19)28-3/h6-7,10-13,16,20,24H,4-5,8-9,14-15,17H2,1-3H3. The van der Waals surface area contributed by atoms with Gasteiger partial charge in [0.2, 0.25) is 10.0 Å². The number of hydrogen-bond donors (Lipinski definition) is 1. The summed E-state index contributed by atoms with van der Waals surface area (Å²) >= 11 is 0. The van der Waals surface area contributed by atoms with Gasteiger partial charge in [-0.3, -0.25) is 4.90 Å². The van der Waals surface area contributed by atoms with Crippen molar-refractivity contribution in [3.05, 3.63) is 48.0 Å². The first-order chi connectivity index (χ1) is 15.0. The lowest BCUT2D eigenvalue weighted by Gasteiger charge is -2.29. The van der Waals surface area contributed by atoms with Gasteiger partial charge >= 0.3 is 0 Å². The minimum absolute atomic E-state index is 0.109. The number of para-hydroxylation sites is 1. The van der Waals surface area contributed by atoms with E-state index < -0.39 is 10.0 Å². The first-order valence-corrected chi connectivity index (χ1v) is 12.2. The molecule has 2 aromatic carbocycles. The number of methoxy groups -OCH3 is 1. The summed E-state index contributed by atoms with van der Waals surface area (Å²) in [7, 11) is -2.10. The number of nitrogens with zero attached hydrogens (tertiary/aromatic N) is 1. The smallest absolute Gasteiger partial charge is 0.240 e. The second kappa shape index (κ2) is 10.8. The Bertz CT molecular complexity index is 958. The summed E-state index contributed by atoms with van der Waals surface area (Å²) in [5, 5.41) is 0. The van der Waals surface area contributed by atoms with Crippen LogP contribution in [0.4, 0.5) is 0 Å². The van der Waals surface area contributed by atoms with Crippen LogP contribution in [0.3, 0.4) is 0 Å². The highest BCUT2D eigenvalue weighted by Gasteiger charge is 2.28. The van der Waals surface area contributed by atoms with Gasteiger partial charge in [-0.15, -0.1) is 0 Å². The second-order valence-electron chi connectivity index (χ2n) is 7.33. The summed E-state index contributed by atoms with van der Waals surface area (Å²) in [4.78, 5) is 2.46. The molecule has 1 aliphatic heterocycles. The van der Waals surface area contributed by atoms with E-state index in [1.165, 1.54) is 6.07 Å². The average Bonchev–Trinajstić information content (AvgIpc) is 3.30. The molecule has 2 aromatic rings. The van der Waals surface area contributed by atoms with Crippen molar-refractivity contribution in [2.24, 2.45) is 0 Å². The maximum absolute atomic E-state index is 13.1. The van der Waals surface area contributed by atoms with Crippen molar-refractivity contribution < 1.29 is 22.6 Å². The van der Waals surface area contributed by atoms with Crippen molar-refractivity contribution in [3.8, 4) is 17.2 Å². The zero-order chi connectivity index (χ0) is 22.3. The molecule has 1 heterocycles. The topological polar surface area (TPSA) is 77.1 Å². The molecule has 0 aliphatic carbocycles. The van der Waals surface area contributed by atoms with Gasteiger partial charge in [-0.1, -0.05) is 18.2 Å². The van der Waals surface area contributed by atoms with Crippen LogP contribution in [-0.2, 0) is 10.0 Å². The number of likely N-dealkylation sites (tertiary alicyclic amines) is 1. The minimum atomic E-state index is -3.74. The van der Waals surface area contributed by atoms with E-state index in [0.29, 0.717) is 24.7 Å². The lowest BCUT2D eigenvalue weighted by molar-refractivity contribution is 0.240. The first kappa shape index (κ1) is 23.4. The maximum atomic E-state index is 13.1. The third kappa shape index (κ3) is 5.70. The number of benzene rings is 2. The molecular weight excluding hydrogens is 416 g/mol. The number of rotatable bonds is 11. The average molecular weight is 449 g/mol. The molecule has 1 fully saturated rings. The highest BCUT2D eigenvalue weighted by molar-refractivity contribution is 7.89. The molecular formula is C23H32N2O5S. The number of nitrogens with one attached hydrogen (secondary N) is 1. The zero-order valence-electron chi connectivity index (χ0n) is 18.5. The quantitative estimate of drug-likeness (QED) is 0.566. The molecule has 0 spiro atoms. The second-order valence-corrected chi connectivity index (χ2v) is 9.09. The fourth-order valence-electron chi connectivity index (χ4n) is 3.90. The summed E-state index contributed by atoms with van der Waals surface area (Å²) in [6.45, 7) is 6.73. The molecule has 170 valence electrons. The Morgan fingerprint density at radius 2 is 1.65 bits per heavy atom. The Hall–Kier alpha value is -2.29. The van der Waals surface area contributed by atoms with E-state index in [4.69, 9.17) is 14.2 Å². The Morgan fingerprint density at radius 3 is 2.32 bits per heavy atom. The highest BCUT2D eigenvalue weighted by Crippen LogP contribution is 2.33. The van der Waals surface area contributed by atoms with Crippen LogP contribution in [0, 0.1) is 0 Å². The summed E-state index contributed by atoms with van der Waals surface area (Å²) in [5.74, 6) is 1.72. The molecule has 8 heteroatoms. The minimum Gasteiger partial charge on any atom is -0.496 e. The number of hydrogen-bond acceptors (Lipinski definition) is 6. The van der Waals surface area contributed by atoms with Crippen LogP contribution in [0.5, 0.6) is 17.2 Å². The van der Waals surface area contributed by atoms with Crippen molar-refractivity contribution >= 4 is 10.0 Å².